The molecule has 1 unspecified atom stereocenters. The number of hydrogen-bond acceptors (Lipinski definition) is 4. The highest BCUT2D eigenvalue weighted by Gasteiger charge is 2.20. The molecule has 0 aliphatic carbocycles. The van der Waals surface area contributed by atoms with E-state index in [2.05, 4.69) is 26.3 Å². The molecular formula is C17H18N4S. The maximum atomic E-state index is 4.85. The van der Waals surface area contributed by atoms with E-state index in [9.17, 15) is 0 Å². The molecule has 3 aromatic rings. The molecule has 0 bridgehead atoms. The topological polar surface area (TPSA) is 43.6 Å². The van der Waals surface area contributed by atoms with Gasteiger partial charge in [0.05, 0.1) is 5.69 Å². The number of nitrogens with zero attached hydrogens (tertiary/aromatic N) is 4. The molecular weight excluding hydrogens is 292 g/mol. The molecule has 0 N–H and O–H groups in total. The quantitative estimate of drug-likeness (QED) is 0.741. The van der Waals surface area contributed by atoms with Crippen LogP contribution in [-0.4, -0.2) is 30.5 Å². The molecule has 0 amide bonds. The van der Waals surface area contributed by atoms with E-state index in [-0.39, 0.29) is 0 Å². The molecule has 3 aromatic heterocycles. The Morgan fingerprint density at radius 2 is 2.05 bits per heavy atom. The van der Waals surface area contributed by atoms with Crippen molar-refractivity contribution in [1.82, 2.24) is 19.5 Å². The summed E-state index contributed by atoms with van der Waals surface area (Å²) in [7, 11) is 0. The van der Waals surface area contributed by atoms with Gasteiger partial charge in [-0.3, -0.25) is 9.55 Å². The number of hydrogen-bond donors (Lipinski definition) is 0. The molecule has 0 radical (unpaired) electrons. The Labute approximate surface area is 134 Å². The van der Waals surface area contributed by atoms with Crippen molar-refractivity contribution in [3.63, 3.8) is 0 Å². The molecule has 5 heteroatoms. The van der Waals surface area contributed by atoms with Crippen molar-refractivity contribution in [3.8, 4) is 5.69 Å². The van der Waals surface area contributed by atoms with E-state index in [1.165, 1.54) is 25.0 Å². The van der Waals surface area contributed by atoms with Crippen LogP contribution in [0.2, 0.25) is 0 Å². The molecule has 0 spiro atoms. The van der Waals surface area contributed by atoms with Gasteiger partial charge in [-0.25, -0.2) is 9.97 Å². The Morgan fingerprint density at radius 1 is 1.14 bits per heavy atom. The third kappa shape index (κ3) is 2.61. The van der Waals surface area contributed by atoms with E-state index in [4.69, 9.17) is 4.98 Å². The van der Waals surface area contributed by atoms with E-state index in [1.807, 2.05) is 42.9 Å². The monoisotopic (exact) mass is 310 g/mol. The zero-order chi connectivity index (χ0) is 14.8. The van der Waals surface area contributed by atoms with Crippen molar-refractivity contribution in [2.24, 2.45) is 0 Å². The normalized spacial score (nSPS) is 18.6. The smallest absolute Gasteiger partial charge is 0.164 e. The van der Waals surface area contributed by atoms with Gasteiger partial charge in [-0.15, -0.1) is 0 Å². The van der Waals surface area contributed by atoms with Gasteiger partial charge >= 0.3 is 0 Å². The van der Waals surface area contributed by atoms with Gasteiger partial charge in [-0.2, -0.15) is 11.8 Å². The lowest BCUT2D eigenvalue weighted by Gasteiger charge is -2.21. The minimum atomic E-state index is 0.672. The van der Waals surface area contributed by atoms with Crippen molar-refractivity contribution in [1.29, 1.82) is 0 Å². The Morgan fingerprint density at radius 3 is 2.86 bits per heavy atom. The maximum absolute atomic E-state index is 4.85. The third-order valence-electron chi connectivity index (χ3n) is 4.09. The van der Waals surface area contributed by atoms with Crippen molar-refractivity contribution in [2.75, 3.05) is 5.75 Å². The number of aromatic nitrogens is 4. The molecule has 1 aliphatic heterocycles. The Kier molecular flexibility index (Phi) is 3.81. The highest BCUT2D eigenvalue weighted by molar-refractivity contribution is 7.99. The fourth-order valence-corrected chi connectivity index (χ4v) is 4.34. The van der Waals surface area contributed by atoms with Crippen LogP contribution in [0.25, 0.3) is 16.9 Å². The van der Waals surface area contributed by atoms with Gasteiger partial charge in [0.1, 0.15) is 11.3 Å². The zero-order valence-electron chi connectivity index (χ0n) is 12.4. The fourth-order valence-electron chi connectivity index (χ4n) is 3.03. The molecule has 1 atom stereocenters. The standard InChI is InChI=1S/C17H18N4S/c1-2-11-22-14(4-1)12-16-20-15-5-3-8-19-17(15)21(16)13-6-9-18-10-7-13/h3,5-10,14H,1-2,4,11-12H2. The van der Waals surface area contributed by atoms with Crippen molar-refractivity contribution in [2.45, 2.75) is 30.9 Å². The molecule has 1 fully saturated rings. The van der Waals surface area contributed by atoms with E-state index in [0.717, 1.165) is 29.1 Å². The molecule has 4 rings (SSSR count). The molecule has 0 aromatic carbocycles. The van der Waals surface area contributed by atoms with Gasteiger partial charge in [0, 0.05) is 30.3 Å². The van der Waals surface area contributed by atoms with Gasteiger partial charge in [-0.05, 0) is 42.9 Å². The molecule has 1 saturated heterocycles. The largest absolute Gasteiger partial charge is 0.281 e. The first-order valence-corrected chi connectivity index (χ1v) is 8.81. The van der Waals surface area contributed by atoms with Gasteiger partial charge in [0.2, 0.25) is 0 Å². The Balaban J connectivity index is 1.79. The van der Waals surface area contributed by atoms with Crippen LogP contribution < -0.4 is 0 Å². The number of pyridine rings is 2. The fraction of sp³-hybridized carbons (Fsp3) is 0.353. The first-order valence-electron chi connectivity index (χ1n) is 7.76. The van der Waals surface area contributed by atoms with Crippen molar-refractivity contribution < 1.29 is 0 Å². The van der Waals surface area contributed by atoms with Gasteiger partial charge in [0.25, 0.3) is 0 Å². The average Bonchev–Trinajstić information content (AvgIpc) is 2.94. The van der Waals surface area contributed by atoms with E-state index >= 15 is 0 Å². The highest BCUT2D eigenvalue weighted by Crippen LogP contribution is 2.29. The second-order valence-corrected chi connectivity index (χ2v) is 7.02. The van der Waals surface area contributed by atoms with E-state index in [0.29, 0.717) is 5.25 Å². The number of rotatable bonds is 3. The first-order chi connectivity index (χ1) is 10.9. The molecule has 22 heavy (non-hydrogen) atoms. The lowest BCUT2D eigenvalue weighted by molar-refractivity contribution is 0.644. The Hall–Kier alpha value is -1.88. The second-order valence-electron chi connectivity index (χ2n) is 5.61. The lowest BCUT2D eigenvalue weighted by atomic mass is 10.1. The summed E-state index contributed by atoms with van der Waals surface area (Å²) in [5.41, 5.74) is 2.99. The SMILES string of the molecule is c1cnc2c(c1)nc(CC1CCCCS1)n2-c1ccncc1. The van der Waals surface area contributed by atoms with Crippen LogP contribution in [0.1, 0.15) is 25.1 Å². The minimum absolute atomic E-state index is 0.672. The summed E-state index contributed by atoms with van der Waals surface area (Å²) in [4.78, 5) is 13.5. The van der Waals surface area contributed by atoms with Crippen LogP contribution >= 0.6 is 11.8 Å². The lowest BCUT2D eigenvalue weighted by Crippen LogP contribution is -2.15. The molecule has 1 aliphatic rings. The summed E-state index contributed by atoms with van der Waals surface area (Å²) in [5.74, 6) is 2.39. The summed E-state index contributed by atoms with van der Waals surface area (Å²) in [5, 5.41) is 0.672. The van der Waals surface area contributed by atoms with Gasteiger partial charge in [0.15, 0.2) is 5.65 Å². The predicted octanol–water partition coefficient (Wildman–Crippen LogP) is 3.64. The maximum Gasteiger partial charge on any atom is 0.164 e. The van der Waals surface area contributed by atoms with Crippen LogP contribution in [0.3, 0.4) is 0 Å². The van der Waals surface area contributed by atoms with Crippen LogP contribution in [0.5, 0.6) is 0 Å². The van der Waals surface area contributed by atoms with Crippen LogP contribution in [-0.2, 0) is 6.42 Å². The van der Waals surface area contributed by atoms with Gasteiger partial charge in [-0.1, -0.05) is 6.42 Å². The van der Waals surface area contributed by atoms with Crippen LogP contribution in [0, 0.1) is 0 Å². The molecule has 0 saturated carbocycles. The highest BCUT2D eigenvalue weighted by atomic mass is 32.2. The minimum Gasteiger partial charge on any atom is -0.281 e. The van der Waals surface area contributed by atoms with Crippen molar-refractivity contribution >= 4 is 22.9 Å². The van der Waals surface area contributed by atoms with Gasteiger partial charge < -0.3 is 0 Å². The predicted molar refractivity (Wildman–Crippen MR) is 90.5 cm³/mol. The summed E-state index contributed by atoms with van der Waals surface area (Å²) in [6, 6.07) is 8.03. The summed E-state index contributed by atoms with van der Waals surface area (Å²) in [6.45, 7) is 0. The average molecular weight is 310 g/mol. The van der Waals surface area contributed by atoms with E-state index < -0.39 is 0 Å². The first kappa shape index (κ1) is 13.8. The Bertz CT molecular complexity index is 763. The summed E-state index contributed by atoms with van der Waals surface area (Å²) in [6.07, 6.45) is 10.5. The summed E-state index contributed by atoms with van der Waals surface area (Å²) >= 11 is 2.09. The van der Waals surface area contributed by atoms with E-state index in [1.54, 1.807) is 0 Å². The number of thioether (sulfide) groups is 1. The molecule has 112 valence electrons. The van der Waals surface area contributed by atoms with Crippen LogP contribution in [0.15, 0.2) is 42.9 Å². The van der Waals surface area contributed by atoms with Crippen LogP contribution in [0.4, 0.5) is 0 Å². The van der Waals surface area contributed by atoms with Crippen molar-refractivity contribution in [3.05, 3.63) is 48.7 Å². The number of fused-ring (bicyclic) bond motifs is 1. The molecule has 4 heterocycles. The molecule has 4 nitrogen and oxygen atoms in total. The number of imidazole rings is 1. The summed E-state index contributed by atoms with van der Waals surface area (Å²) < 4.78 is 2.19. The zero-order valence-corrected chi connectivity index (χ0v) is 13.2. The second kappa shape index (κ2) is 6.08. The third-order valence-corrected chi connectivity index (χ3v) is 5.49.